The van der Waals surface area contributed by atoms with Crippen molar-refractivity contribution in [1.29, 1.82) is 0 Å². The van der Waals surface area contributed by atoms with Crippen molar-refractivity contribution in [2.45, 2.75) is 23.9 Å². The quantitative estimate of drug-likeness (QED) is 0.777. The van der Waals surface area contributed by atoms with Gasteiger partial charge in [0.1, 0.15) is 0 Å². The molecule has 3 aliphatic rings. The summed E-state index contributed by atoms with van der Waals surface area (Å²) in [5, 5.41) is 4.69. The van der Waals surface area contributed by atoms with Gasteiger partial charge in [0.25, 0.3) is 10.0 Å². The van der Waals surface area contributed by atoms with Crippen LogP contribution in [0.4, 0.5) is 0 Å². The van der Waals surface area contributed by atoms with Crippen LogP contribution < -0.4 is 0 Å². The lowest BCUT2D eigenvalue weighted by atomic mass is 9.73. The summed E-state index contributed by atoms with van der Waals surface area (Å²) in [5.74, 6) is 0. The number of nitrogens with zero attached hydrogens (tertiary/aromatic N) is 4. The Morgan fingerprint density at radius 2 is 1.75 bits per heavy atom. The average Bonchev–Trinajstić information content (AvgIpc) is 3.04. The third kappa shape index (κ3) is 2.99. The van der Waals surface area contributed by atoms with Gasteiger partial charge in [-0.3, -0.25) is 9.58 Å². The molecule has 1 aromatic carbocycles. The molecule has 3 saturated heterocycles. The minimum Gasteiger partial charge on any atom is -0.381 e. The number of benzene rings is 1. The first-order chi connectivity index (χ1) is 13.5. The summed E-state index contributed by atoms with van der Waals surface area (Å²) in [6.07, 6.45) is 2.19. The number of ether oxygens (including phenoxy) is 1. The number of hydrogen-bond acceptors (Lipinski definition) is 5. The molecule has 0 radical (unpaired) electrons. The minimum absolute atomic E-state index is 0.145. The average molecular weight is 403 g/mol. The molecule has 0 bridgehead atoms. The maximum Gasteiger partial charge on any atom is 0.260 e. The molecule has 5 rings (SSSR count). The number of likely N-dealkylation sites (tertiary alicyclic amines) is 1. The molecule has 8 heteroatoms. The zero-order valence-electron chi connectivity index (χ0n) is 16.1. The SMILES string of the molecule is Cn1nc(-c2ccccc2)cc1S(=O)(=O)N1CC2(CN(C3CCOCC3)C2)C1. The number of hydrogen-bond donors (Lipinski definition) is 0. The molecule has 4 heterocycles. The van der Waals surface area contributed by atoms with Crippen molar-refractivity contribution in [3.05, 3.63) is 36.4 Å². The third-order valence-corrected chi connectivity index (χ3v) is 8.17. The molecule has 1 spiro atoms. The Kier molecular flexibility index (Phi) is 4.35. The lowest BCUT2D eigenvalue weighted by molar-refractivity contribution is -0.116. The molecule has 7 nitrogen and oxygen atoms in total. The molecule has 3 aliphatic heterocycles. The highest BCUT2D eigenvalue weighted by Crippen LogP contribution is 2.44. The second-order valence-corrected chi connectivity index (χ2v) is 10.3. The van der Waals surface area contributed by atoms with Gasteiger partial charge in [-0.1, -0.05) is 30.3 Å². The van der Waals surface area contributed by atoms with Crippen LogP contribution in [0.2, 0.25) is 0 Å². The van der Waals surface area contributed by atoms with Crippen LogP contribution in [-0.2, 0) is 21.8 Å². The van der Waals surface area contributed by atoms with Crippen LogP contribution in [0.5, 0.6) is 0 Å². The number of aromatic nitrogens is 2. The van der Waals surface area contributed by atoms with E-state index in [0.717, 1.165) is 44.7 Å². The predicted octanol–water partition coefficient (Wildman–Crippen LogP) is 1.57. The van der Waals surface area contributed by atoms with Gasteiger partial charge < -0.3 is 4.74 Å². The van der Waals surface area contributed by atoms with E-state index in [1.807, 2.05) is 30.3 Å². The maximum absolute atomic E-state index is 13.1. The molecule has 0 N–H and O–H groups in total. The van der Waals surface area contributed by atoms with Gasteiger partial charge >= 0.3 is 0 Å². The fourth-order valence-corrected chi connectivity index (χ4v) is 6.56. The Morgan fingerprint density at radius 1 is 1.07 bits per heavy atom. The first-order valence-electron chi connectivity index (χ1n) is 9.88. The Labute approximate surface area is 165 Å². The monoisotopic (exact) mass is 402 g/mol. The van der Waals surface area contributed by atoms with E-state index >= 15 is 0 Å². The molecule has 3 fully saturated rings. The molecule has 0 saturated carbocycles. The molecule has 1 aromatic heterocycles. The Balaban J connectivity index is 1.26. The van der Waals surface area contributed by atoms with Crippen LogP contribution in [0.25, 0.3) is 11.3 Å². The minimum atomic E-state index is -3.51. The van der Waals surface area contributed by atoms with E-state index in [1.165, 1.54) is 4.68 Å². The van der Waals surface area contributed by atoms with E-state index in [-0.39, 0.29) is 10.4 Å². The molecule has 0 atom stereocenters. The van der Waals surface area contributed by atoms with E-state index in [9.17, 15) is 8.42 Å². The van der Waals surface area contributed by atoms with Gasteiger partial charge in [-0.15, -0.1) is 0 Å². The summed E-state index contributed by atoms with van der Waals surface area (Å²) in [4.78, 5) is 2.50. The number of sulfonamides is 1. The highest BCUT2D eigenvalue weighted by atomic mass is 32.2. The summed E-state index contributed by atoms with van der Waals surface area (Å²) in [5.41, 5.74) is 1.75. The Hall–Kier alpha value is -1.74. The molecule has 0 unspecified atom stereocenters. The first kappa shape index (κ1) is 18.3. The topological polar surface area (TPSA) is 67.7 Å². The van der Waals surface area contributed by atoms with E-state index in [0.29, 0.717) is 24.8 Å². The van der Waals surface area contributed by atoms with Gasteiger partial charge in [-0.2, -0.15) is 9.40 Å². The highest BCUT2D eigenvalue weighted by molar-refractivity contribution is 7.89. The summed E-state index contributed by atoms with van der Waals surface area (Å²) >= 11 is 0. The Bertz CT molecular complexity index is 953. The van der Waals surface area contributed by atoms with E-state index < -0.39 is 10.0 Å². The number of aryl methyl sites for hydroxylation is 1. The highest BCUT2D eigenvalue weighted by Gasteiger charge is 2.56. The molecule has 28 heavy (non-hydrogen) atoms. The van der Waals surface area contributed by atoms with E-state index in [1.54, 1.807) is 17.4 Å². The molecule has 0 aliphatic carbocycles. The van der Waals surface area contributed by atoms with Crippen molar-refractivity contribution < 1.29 is 13.2 Å². The molecule has 150 valence electrons. The fraction of sp³-hybridized carbons (Fsp3) is 0.550. The Morgan fingerprint density at radius 3 is 2.43 bits per heavy atom. The van der Waals surface area contributed by atoms with Crippen molar-refractivity contribution in [3.63, 3.8) is 0 Å². The standard InChI is InChI=1S/C20H26N4O3S/c1-22-19(11-18(21-22)16-5-3-2-4-6-16)28(25,26)24-14-20(15-24)12-23(13-20)17-7-9-27-10-8-17/h2-6,11,17H,7-10,12-15H2,1H3. The molecule has 2 aromatic rings. The zero-order valence-corrected chi connectivity index (χ0v) is 16.9. The first-order valence-corrected chi connectivity index (χ1v) is 11.3. The second kappa shape index (κ2) is 6.66. The maximum atomic E-state index is 13.1. The van der Waals surface area contributed by atoms with Gasteiger partial charge in [0.2, 0.25) is 0 Å². The second-order valence-electron chi connectivity index (χ2n) is 8.38. The van der Waals surface area contributed by atoms with Crippen molar-refractivity contribution >= 4 is 10.0 Å². The van der Waals surface area contributed by atoms with Crippen LogP contribution in [-0.4, -0.2) is 72.8 Å². The normalized spacial score (nSPS) is 23.5. The fourth-order valence-electron chi connectivity index (χ4n) is 4.77. The van der Waals surface area contributed by atoms with E-state index in [4.69, 9.17) is 4.74 Å². The predicted molar refractivity (Wildman–Crippen MR) is 105 cm³/mol. The smallest absolute Gasteiger partial charge is 0.260 e. The van der Waals surface area contributed by atoms with Crippen molar-refractivity contribution in [1.82, 2.24) is 19.0 Å². The molecular weight excluding hydrogens is 376 g/mol. The van der Waals surface area contributed by atoms with Crippen molar-refractivity contribution in [2.75, 3.05) is 39.4 Å². The van der Waals surface area contributed by atoms with Gasteiger partial charge in [-0.05, 0) is 12.8 Å². The summed E-state index contributed by atoms with van der Waals surface area (Å²) < 4.78 is 34.8. The zero-order chi connectivity index (χ0) is 19.4. The number of rotatable bonds is 4. The lowest BCUT2D eigenvalue weighted by Crippen LogP contribution is -2.74. The van der Waals surface area contributed by atoms with Crippen LogP contribution >= 0.6 is 0 Å². The van der Waals surface area contributed by atoms with Crippen molar-refractivity contribution in [3.8, 4) is 11.3 Å². The van der Waals surface area contributed by atoms with Gasteiger partial charge in [0.15, 0.2) is 5.03 Å². The van der Waals surface area contributed by atoms with Gasteiger partial charge in [0.05, 0.1) is 5.69 Å². The summed E-state index contributed by atoms with van der Waals surface area (Å²) in [7, 11) is -1.81. The van der Waals surface area contributed by atoms with Gasteiger partial charge in [-0.25, -0.2) is 8.42 Å². The van der Waals surface area contributed by atoms with E-state index in [2.05, 4.69) is 10.00 Å². The third-order valence-electron chi connectivity index (χ3n) is 6.32. The van der Waals surface area contributed by atoms with Crippen LogP contribution in [0, 0.1) is 5.41 Å². The summed E-state index contributed by atoms with van der Waals surface area (Å²) in [6, 6.07) is 12.0. The van der Waals surface area contributed by atoms with Crippen LogP contribution in [0.15, 0.2) is 41.4 Å². The van der Waals surface area contributed by atoms with Crippen molar-refractivity contribution in [2.24, 2.45) is 12.5 Å². The molecule has 0 amide bonds. The molecular formula is C20H26N4O3S. The van der Waals surface area contributed by atoms with Crippen LogP contribution in [0.1, 0.15) is 12.8 Å². The van der Waals surface area contributed by atoms with Crippen LogP contribution in [0.3, 0.4) is 0 Å². The summed E-state index contributed by atoms with van der Waals surface area (Å²) in [6.45, 7) is 4.92. The largest absolute Gasteiger partial charge is 0.381 e. The lowest BCUT2D eigenvalue weighted by Gasteiger charge is -2.61. The van der Waals surface area contributed by atoms with Gasteiger partial charge in [0, 0.05) is 69.5 Å².